The Kier molecular flexibility index (Phi) is 3.17. The van der Waals surface area contributed by atoms with Gasteiger partial charge in [0.25, 0.3) is 0 Å². The van der Waals surface area contributed by atoms with Crippen molar-refractivity contribution in [3.05, 3.63) is 23.0 Å². The van der Waals surface area contributed by atoms with Gasteiger partial charge in [0.1, 0.15) is 11.0 Å². The molecule has 2 aliphatic rings. The molecule has 2 aliphatic carbocycles. The van der Waals surface area contributed by atoms with Crippen LogP contribution < -0.4 is 5.69 Å². The molecule has 2 unspecified atom stereocenters. The van der Waals surface area contributed by atoms with Gasteiger partial charge in [-0.15, -0.1) is 0 Å². The normalized spacial score (nSPS) is 33.3. The summed E-state index contributed by atoms with van der Waals surface area (Å²) in [5.41, 5.74) is 3.20. The van der Waals surface area contributed by atoms with Crippen molar-refractivity contribution in [1.29, 1.82) is 0 Å². The molecule has 2 N–H and O–H groups in total. The quantitative estimate of drug-likeness (QED) is 0.626. The first-order valence-corrected chi connectivity index (χ1v) is 9.59. The third-order valence-electron chi connectivity index (χ3n) is 5.91. The number of nitrogens with one attached hydrogen (secondary N) is 2. The number of halogens is 1. The first-order chi connectivity index (χ1) is 11.6. The Balaban J connectivity index is 1.75. The number of nitrogens with zero attached hydrogens (tertiary/aromatic N) is 3. The van der Waals surface area contributed by atoms with Gasteiger partial charge in [0.05, 0.1) is 18.0 Å². The second-order valence-corrected chi connectivity index (χ2v) is 8.87. The minimum atomic E-state index is -0.0233. The van der Waals surface area contributed by atoms with Gasteiger partial charge in [0, 0.05) is 10.9 Å². The predicted molar refractivity (Wildman–Crippen MR) is 96.4 cm³/mol. The van der Waals surface area contributed by atoms with Crippen molar-refractivity contribution in [3.8, 4) is 0 Å². The molecule has 3 aromatic heterocycles. The van der Waals surface area contributed by atoms with Crippen molar-refractivity contribution in [2.75, 3.05) is 0 Å². The first-order valence-electron chi connectivity index (χ1n) is 8.68. The smallest absolute Gasteiger partial charge is 0.326 e. The zero-order valence-corrected chi connectivity index (χ0v) is 15.1. The molecule has 0 aliphatic heterocycles. The first kappa shape index (κ1) is 14.7. The van der Waals surface area contributed by atoms with E-state index in [0.29, 0.717) is 16.7 Å². The van der Waals surface area contributed by atoms with Crippen molar-refractivity contribution in [3.63, 3.8) is 0 Å². The van der Waals surface area contributed by atoms with E-state index in [-0.39, 0.29) is 11.7 Å². The van der Waals surface area contributed by atoms with Gasteiger partial charge in [-0.2, -0.15) is 0 Å². The maximum atomic E-state index is 12.8. The molecular formula is C17H20BrN5O. The fourth-order valence-corrected chi connectivity index (χ4v) is 6.17. The van der Waals surface area contributed by atoms with Crippen molar-refractivity contribution < 1.29 is 0 Å². The summed E-state index contributed by atoms with van der Waals surface area (Å²) < 4.78 is 2.00. The third-order valence-corrected chi connectivity index (χ3v) is 6.66. The van der Waals surface area contributed by atoms with Gasteiger partial charge >= 0.3 is 5.69 Å². The molecule has 7 heteroatoms. The van der Waals surface area contributed by atoms with Crippen LogP contribution in [0.2, 0.25) is 0 Å². The molecule has 2 bridgehead atoms. The van der Waals surface area contributed by atoms with Gasteiger partial charge in [-0.25, -0.2) is 14.8 Å². The fraction of sp³-hybridized carbons (Fsp3) is 0.588. The summed E-state index contributed by atoms with van der Waals surface area (Å²) >= 11 is 3.83. The highest BCUT2D eigenvalue weighted by atomic mass is 79.9. The van der Waals surface area contributed by atoms with Gasteiger partial charge in [-0.1, -0.05) is 22.9 Å². The van der Waals surface area contributed by atoms with Crippen LogP contribution in [-0.4, -0.2) is 29.3 Å². The van der Waals surface area contributed by atoms with Crippen molar-refractivity contribution >= 4 is 38.1 Å². The highest BCUT2D eigenvalue weighted by Crippen LogP contribution is 2.51. The molecule has 5 atom stereocenters. The van der Waals surface area contributed by atoms with E-state index >= 15 is 0 Å². The zero-order chi connectivity index (χ0) is 16.4. The van der Waals surface area contributed by atoms with Gasteiger partial charge in [-0.05, 0) is 43.4 Å². The van der Waals surface area contributed by atoms with Crippen LogP contribution in [0.25, 0.3) is 22.2 Å². The Morgan fingerprint density at radius 3 is 2.71 bits per heavy atom. The van der Waals surface area contributed by atoms with E-state index in [1.165, 1.54) is 12.8 Å². The number of pyridine rings is 1. The van der Waals surface area contributed by atoms with Gasteiger partial charge in [0.15, 0.2) is 5.65 Å². The molecule has 0 amide bonds. The maximum Gasteiger partial charge on any atom is 0.326 e. The summed E-state index contributed by atoms with van der Waals surface area (Å²) in [7, 11) is 0. The summed E-state index contributed by atoms with van der Waals surface area (Å²) in [5, 5.41) is 0. The fourth-order valence-electron chi connectivity index (χ4n) is 5.21. The predicted octanol–water partition coefficient (Wildman–Crippen LogP) is 3.36. The number of aromatic nitrogens is 5. The molecule has 0 aromatic carbocycles. The SMILES string of the molecule is CC1C[C@@H]2CC(Br)C[C@H](C1)[C@@H]2n1c(=O)[nH]c2cnc3[nH]cnc3c21. The summed E-state index contributed by atoms with van der Waals surface area (Å²) in [6.07, 6.45) is 8.05. The number of imidazole rings is 2. The highest BCUT2D eigenvalue weighted by molar-refractivity contribution is 9.09. The summed E-state index contributed by atoms with van der Waals surface area (Å²) in [5.74, 6) is 1.82. The second kappa shape index (κ2) is 5.18. The number of fused-ring (bicyclic) bond motifs is 5. The van der Waals surface area contributed by atoms with E-state index in [1.54, 1.807) is 12.5 Å². The van der Waals surface area contributed by atoms with E-state index in [1.807, 2.05) is 4.57 Å². The van der Waals surface area contributed by atoms with Crippen LogP contribution in [0.4, 0.5) is 0 Å². The maximum absolute atomic E-state index is 12.8. The van der Waals surface area contributed by atoms with Crippen LogP contribution in [0.1, 0.15) is 38.6 Å². The molecule has 6 nitrogen and oxygen atoms in total. The van der Waals surface area contributed by atoms with Crippen LogP contribution in [0, 0.1) is 17.8 Å². The van der Waals surface area contributed by atoms with Crippen LogP contribution in [0.3, 0.4) is 0 Å². The molecule has 24 heavy (non-hydrogen) atoms. The Labute approximate surface area is 147 Å². The number of hydrogen-bond acceptors (Lipinski definition) is 3. The van der Waals surface area contributed by atoms with Crippen LogP contribution in [-0.2, 0) is 0 Å². The molecule has 3 heterocycles. The second-order valence-electron chi connectivity index (χ2n) is 7.58. The van der Waals surface area contributed by atoms with Crippen molar-refractivity contribution in [2.45, 2.75) is 43.5 Å². The van der Waals surface area contributed by atoms with E-state index in [0.717, 1.165) is 41.0 Å². The topological polar surface area (TPSA) is 79.4 Å². The minimum absolute atomic E-state index is 0.0233. The molecule has 2 fully saturated rings. The molecule has 5 rings (SSSR count). The van der Waals surface area contributed by atoms with E-state index in [4.69, 9.17) is 0 Å². The molecule has 0 saturated heterocycles. The lowest BCUT2D eigenvalue weighted by molar-refractivity contribution is 0.0743. The lowest BCUT2D eigenvalue weighted by Crippen LogP contribution is -2.43. The van der Waals surface area contributed by atoms with Crippen LogP contribution in [0.15, 0.2) is 17.3 Å². The number of aromatic amines is 2. The standard InChI is InChI=1S/C17H20BrN5O/c1-8-2-9-4-11(18)5-10(3-8)14(9)23-15-12(22-17(23)24)6-19-16-13(15)20-7-21-16/h6-11,14H,2-5H2,1H3,(H,22,24)(H,19,20,21)/t8?,9-,10+,11?,14-. The molecule has 0 spiro atoms. The average molecular weight is 390 g/mol. The van der Waals surface area contributed by atoms with Crippen LogP contribution in [0.5, 0.6) is 0 Å². The van der Waals surface area contributed by atoms with Crippen LogP contribution >= 0.6 is 15.9 Å². The molecule has 0 radical (unpaired) electrons. The van der Waals surface area contributed by atoms with E-state index in [2.05, 4.69) is 42.8 Å². The third kappa shape index (κ3) is 2.03. The Morgan fingerprint density at radius 2 is 1.96 bits per heavy atom. The summed E-state index contributed by atoms with van der Waals surface area (Å²) in [4.78, 5) is 28.2. The summed E-state index contributed by atoms with van der Waals surface area (Å²) in [6, 6.07) is 0.263. The average Bonchev–Trinajstić information content (AvgIpc) is 3.09. The lowest BCUT2D eigenvalue weighted by Gasteiger charge is -2.47. The molecule has 126 valence electrons. The number of rotatable bonds is 1. The number of H-pyrrole nitrogens is 2. The Hall–Kier alpha value is -1.63. The molecule has 2 saturated carbocycles. The van der Waals surface area contributed by atoms with E-state index in [9.17, 15) is 4.79 Å². The molecule has 3 aromatic rings. The lowest BCUT2D eigenvalue weighted by atomic mass is 9.65. The van der Waals surface area contributed by atoms with Gasteiger partial charge in [-0.3, -0.25) is 4.57 Å². The Morgan fingerprint density at radius 1 is 1.21 bits per heavy atom. The monoisotopic (exact) mass is 389 g/mol. The summed E-state index contributed by atoms with van der Waals surface area (Å²) in [6.45, 7) is 2.35. The van der Waals surface area contributed by atoms with Crippen molar-refractivity contribution in [2.24, 2.45) is 17.8 Å². The number of hydrogen-bond donors (Lipinski definition) is 2. The highest BCUT2D eigenvalue weighted by Gasteiger charge is 2.44. The van der Waals surface area contributed by atoms with E-state index < -0.39 is 0 Å². The minimum Gasteiger partial charge on any atom is -0.329 e. The number of alkyl halides is 1. The zero-order valence-electron chi connectivity index (χ0n) is 13.5. The van der Waals surface area contributed by atoms with Gasteiger partial charge in [0.2, 0.25) is 0 Å². The van der Waals surface area contributed by atoms with Gasteiger partial charge < -0.3 is 9.97 Å². The largest absolute Gasteiger partial charge is 0.329 e. The Bertz CT molecular complexity index is 942. The molecular weight excluding hydrogens is 370 g/mol. The van der Waals surface area contributed by atoms with Crippen molar-refractivity contribution in [1.82, 2.24) is 24.5 Å².